The number of thiazole rings is 1. The molecule has 2 amide bonds. The Morgan fingerprint density at radius 1 is 1.38 bits per heavy atom. The van der Waals surface area contributed by atoms with E-state index in [0.29, 0.717) is 5.06 Å². The molecule has 1 aromatic heterocycles. The van der Waals surface area contributed by atoms with Crippen LogP contribution in [0.4, 0.5) is 0 Å². The molecule has 0 aromatic carbocycles. The van der Waals surface area contributed by atoms with E-state index in [1.807, 2.05) is 0 Å². The van der Waals surface area contributed by atoms with Crippen molar-refractivity contribution in [3.8, 4) is 0 Å². The number of imide groups is 1. The molecule has 1 aromatic rings. The zero-order valence-corrected chi connectivity index (χ0v) is 9.55. The number of carbonyl (C=O) groups excluding carboxylic acids is 3. The second-order valence-electron chi connectivity index (χ2n) is 2.80. The molecule has 0 saturated carbocycles. The lowest BCUT2D eigenvalue weighted by molar-refractivity contribution is -0.172. The molecule has 1 aliphatic heterocycles. The second-order valence-corrected chi connectivity index (χ2v) is 3.69. The molecule has 1 fully saturated rings. The van der Waals surface area contributed by atoms with Gasteiger partial charge in [0, 0.05) is 24.4 Å². The van der Waals surface area contributed by atoms with E-state index in [0.717, 1.165) is 11.3 Å². The molecule has 1 saturated heterocycles. The Hall–Kier alpha value is -1.47. The number of amides is 2. The number of aromatic nitrogens is 1. The van der Waals surface area contributed by atoms with Crippen molar-refractivity contribution in [1.82, 2.24) is 10.0 Å². The van der Waals surface area contributed by atoms with Crippen molar-refractivity contribution in [1.29, 1.82) is 0 Å². The lowest BCUT2D eigenvalue weighted by Crippen LogP contribution is -2.32. The van der Waals surface area contributed by atoms with Crippen LogP contribution in [0.3, 0.4) is 0 Å². The Morgan fingerprint density at radius 2 is 2.00 bits per heavy atom. The summed E-state index contributed by atoms with van der Waals surface area (Å²) in [5.74, 6) is -1.77. The second kappa shape index (κ2) is 5.04. The van der Waals surface area contributed by atoms with Crippen LogP contribution in [0, 0.1) is 0 Å². The first-order valence-electron chi connectivity index (χ1n) is 4.16. The first-order chi connectivity index (χ1) is 7.18. The van der Waals surface area contributed by atoms with Crippen LogP contribution in [-0.4, -0.2) is 27.8 Å². The number of hydrogen-bond acceptors (Lipinski definition) is 6. The minimum Gasteiger partial charge on any atom is -0.322 e. The first kappa shape index (κ1) is 12.6. The Morgan fingerprint density at radius 3 is 2.50 bits per heavy atom. The Bertz CT molecular complexity index is 404. The zero-order chi connectivity index (χ0) is 10.8. The Balaban J connectivity index is 0.00000128. The summed E-state index contributed by atoms with van der Waals surface area (Å²) in [5.41, 5.74) is 0. The normalized spacial score (nSPS) is 14.9. The van der Waals surface area contributed by atoms with Crippen molar-refractivity contribution in [2.75, 3.05) is 0 Å². The van der Waals surface area contributed by atoms with Crippen molar-refractivity contribution in [3.05, 3.63) is 16.6 Å². The van der Waals surface area contributed by atoms with Gasteiger partial charge in [-0.2, -0.15) is 0 Å². The van der Waals surface area contributed by atoms with Gasteiger partial charge in [-0.3, -0.25) is 9.59 Å². The molecule has 0 aliphatic carbocycles. The number of nitrogens with zero attached hydrogens (tertiary/aromatic N) is 2. The van der Waals surface area contributed by atoms with Gasteiger partial charge in [0.05, 0.1) is 0 Å². The van der Waals surface area contributed by atoms with E-state index in [9.17, 15) is 14.4 Å². The molecule has 86 valence electrons. The molecule has 0 atom stereocenters. The van der Waals surface area contributed by atoms with Gasteiger partial charge in [-0.1, -0.05) is 0 Å². The van der Waals surface area contributed by atoms with Crippen LogP contribution in [0.1, 0.15) is 22.6 Å². The molecule has 0 N–H and O–H groups in total. The Labute approximate surface area is 101 Å². The molecule has 8 heteroatoms. The largest absolute Gasteiger partial charge is 0.392 e. The SMILES string of the molecule is Cl.O=C(ON1C(=O)CCC1=O)c1nccs1. The van der Waals surface area contributed by atoms with E-state index < -0.39 is 17.8 Å². The molecular weight excluding hydrogens is 256 g/mol. The van der Waals surface area contributed by atoms with Gasteiger partial charge < -0.3 is 4.84 Å². The maximum Gasteiger partial charge on any atom is 0.392 e. The van der Waals surface area contributed by atoms with Gasteiger partial charge in [0.1, 0.15) is 0 Å². The topological polar surface area (TPSA) is 76.6 Å². The lowest BCUT2D eigenvalue weighted by Gasteiger charge is -2.10. The minimum atomic E-state index is -0.784. The third-order valence-electron chi connectivity index (χ3n) is 1.79. The third-order valence-corrected chi connectivity index (χ3v) is 2.54. The minimum absolute atomic E-state index is 0. The predicted molar refractivity (Wildman–Crippen MR) is 55.9 cm³/mol. The summed E-state index contributed by atoms with van der Waals surface area (Å²) in [6.07, 6.45) is 1.61. The summed E-state index contributed by atoms with van der Waals surface area (Å²) in [5, 5.41) is 2.22. The summed E-state index contributed by atoms with van der Waals surface area (Å²) in [6.45, 7) is 0. The van der Waals surface area contributed by atoms with Crippen molar-refractivity contribution < 1.29 is 19.2 Å². The standard InChI is InChI=1S/C8H6N2O4S.ClH/c11-5-1-2-6(12)10(5)14-8(13)7-9-3-4-15-7;/h3-4H,1-2H2;1H. The van der Waals surface area contributed by atoms with E-state index in [1.54, 1.807) is 5.38 Å². The van der Waals surface area contributed by atoms with Crippen LogP contribution in [0.5, 0.6) is 0 Å². The highest BCUT2D eigenvalue weighted by atomic mass is 35.5. The van der Waals surface area contributed by atoms with E-state index in [2.05, 4.69) is 9.82 Å². The van der Waals surface area contributed by atoms with Gasteiger partial charge in [0.2, 0.25) is 5.01 Å². The maximum absolute atomic E-state index is 11.3. The highest BCUT2D eigenvalue weighted by Crippen LogP contribution is 2.14. The predicted octanol–water partition coefficient (Wildman–Crippen LogP) is 0.786. The first-order valence-corrected chi connectivity index (χ1v) is 5.04. The molecule has 1 aliphatic rings. The average molecular weight is 263 g/mol. The molecule has 6 nitrogen and oxygen atoms in total. The molecule has 2 rings (SSSR count). The summed E-state index contributed by atoms with van der Waals surface area (Å²) in [6, 6.07) is 0. The average Bonchev–Trinajstić information content (AvgIpc) is 2.82. The molecule has 0 unspecified atom stereocenters. The fourth-order valence-electron chi connectivity index (χ4n) is 1.10. The van der Waals surface area contributed by atoms with Gasteiger partial charge in [-0.25, -0.2) is 9.78 Å². The summed E-state index contributed by atoms with van der Waals surface area (Å²) in [4.78, 5) is 41.9. The molecule has 2 heterocycles. The number of hydrogen-bond donors (Lipinski definition) is 0. The quantitative estimate of drug-likeness (QED) is 0.737. The van der Waals surface area contributed by atoms with Gasteiger partial charge in [0.25, 0.3) is 11.8 Å². The van der Waals surface area contributed by atoms with Crippen molar-refractivity contribution in [3.63, 3.8) is 0 Å². The smallest absolute Gasteiger partial charge is 0.322 e. The van der Waals surface area contributed by atoms with Crippen LogP contribution in [-0.2, 0) is 14.4 Å². The number of carbonyl (C=O) groups is 3. The fourth-order valence-corrected chi connectivity index (χ4v) is 1.61. The van der Waals surface area contributed by atoms with Crippen LogP contribution in [0.25, 0.3) is 0 Å². The Kier molecular flexibility index (Phi) is 3.97. The fraction of sp³-hybridized carbons (Fsp3) is 0.250. The van der Waals surface area contributed by atoms with E-state index in [1.165, 1.54) is 6.20 Å². The number of halogens is 1. The summed E-state index contributed by atoms with van der Waals surface area (Å²) in [7, 11) is 0. The van der Waals surface area contributed by atoms with Crippen LogP contribution < -0.4 is 0 Å². The zero-order valence-electron chi connectivity index (χ0n) is 7.91. The third kappa shape index (κ3) is 2.37. The van der Waals surface area contributed by atoms with Gasteiger partial charge >= 0.3 is 5.97 Å². The maximum atomic E-state index is 11.3. The molecule has 0 bridgehead atoms. The summed E-state index contributed by atoms with van der Waals surface area (Å²) < 4.78 is 0. The molecule has 16 heavy (non-hydrogen) atoms. The van der Waals surface area contributed by atoms with E-state index in [4.69, 9.17) is 0 Å². The van der Waals surface area contributed by atoms with Crippen LogP contribution >= 0.6 is 23.7 Å². The highest BCUT2D eigenvalue weighted by Gasteiger charge is 2.33. The van der Waals surface area contributed by atoms with E-state index >= 15 is 0 Å². The monoisotopic (exact) mass is 262 g/mol. The number of hydroxylamine groups is 2. The highest BCUT2D eigenvalue weighted by molar-refractivity contribution is 7.11. The van der Waals surface area contributed by atoms with Crippen molar-refractivity contribution in [2.24, 2.45) is 0 Å². The van der Waals surface area contributed by atoms with Gasteiger partial charge in [-0.15, -0.1) is 28.8 Å². The van der Waals surface area contributed by atoms with Crippen LogP contribution in [0.2, 0.25) is 0 Å². The molecule has 0 radical (unpaired) electrons. The summed E-state index contributed by atoms with van der Waals surface area (Å²) >= 11 is 1.08. The van der Waals surface area contributed by atoms with Crippen molar-refractivity contribution >= 4 is 41.5 Å². The van der Waals surface area contributed by atoms with Gasteiger partial charge in [0.15, 0.2) is 0 Å². The molecular formula is C8H7ClN2O4S. The van der Waals surface area contributed by atoms with Crippen molar-refractivity contribution in [2.45, 2.75) is 12.8 Å². The van der Waals surface area contributed by atoms with E-state index in [-0.39, 0.29) is 30.3 Å². The lowest BCUT2D eigenvalue weighted by atomic mass is 10.4. The number of rotatable bonds is 2. The van der Waals surface area contributed by atoms with Gasteiger partial charge in [-0.05, 0) is 0 Å². The van der Waals surface area contributed by atoms with Crippen LogP contribution in [0.15, 0.2) is 11.6 Å². The molecule has 0 spiro atoms.